The zero-order valence-corrected chi connectivity index (χ0v) is 11.6. The molecule has 0 amide bonds. The Morgan fingerprint density at radius 3 is 2.76 bits per heavy atom. The number of likely N-dealkylation sites (N-methyl/N-ethyl adjacent to an activating group) is 1. The van der Waals surface area contributed by atoms with Crippen LogP contribution in [0.4, 0.5) is 11.6 Å². The highest BCUT2D eigenvalue weighted by Gasteiger charge is 2.06. The standard InChI is InChI=1S/C11H20N4OS/c1-8(2)16-6-5-15(3)10-7-9(12)13-11(14-10)17-4/h7-8H,5-6H2,1-4H3,(H2,12,13,14). The van der Waals surface area contributed by atoms with Crippen LogP contribution in [0.2, 0.25) is 0 Å². The largest absolute Gasteiger partial charge is 0.383 e. The highest BCUT2D eigenvalue weighted by Crippen LogP contribution is 2.17. The zero-order valence-electron chi connectivity index (χ0n) is 10.8. The van der Waals surface area contributed by atoms with Gasteiger partial charge in [-0.15, -0.1) is 0 Å². The Bertz CT molecular complexity index is 359. The fourth-order valence-corrected chi connectivity index (χ4v) is 1.64. The molecule has 96 valence electrons. The summed E-state index contributed by atoms with van der Waals surface area (Å²) in [5.74, 6) is 1.32. The quantitative estimate of drug-likeness (QED) is 0.616. The van der Waals surface area contributed by atoms with Gasteiger partial charge < -0.3 is 15.4 Å². The van der Waals surface area contributed by atoms with E-state index < -0.39 is 0 Å². The smallest absolute Gasteiger partial charge is 0.191 e. The minimum atomic E-state index is 0.251. The molecule has 1 heterocycles. The van der Waals surface area contributed by atoms with E-state index in [-0.39, 0.29) is 6.10 Å². The van der Waals surface area contributed by atoms with E-state index in [0.29, 0.717) is 17.6 Å². The van der Waals surface area contributed by atoms with Gasteiger partial charge in [-0.05, 0) is 20.1 Å². The highest BCUT2D eigenvalue weighted by atomic mass is 32.2. The molecule has 0 bridgehead atoms. The van der Waals surface area contributed by atoms with Crippen LogP contribution >= 0.6 is 11.8 Å². The summed E-state index contributed by atoms with van der Waals surface area (Å²) in [6.45, 7) is 5.50. The second-order valence-corrected chi connectivity index (χ2v) is 4.75. The Balaban J connectivity index is 2.61. The molecule has 1 aromatic heterocycles. The predicted octanol–water partition coefficient (Wildman–Crippen LogP) is 1.64. The van der Waals surface area contributed by atoms with E-state index >= 15 is 0 Å². The summed E-state index contributed by atoms with van der Waals surface area (Å²) in [5.41, 5.74) is 5.73. The maximum Gasteiger partial charge on any atom is 0.191 e. The third kappa shape index (κ3) is 4.79. The molecule has 1 rings (SSSR count). The van der Waals surface area contributed by atoms with Gasteiger partial charge in [-0.2, -0.15) is 0 Å². The molecule has 0 aliphatic heterocycles. The lowest BCUT2D eigenvalue weighted by atomic mass is 10.4. The van der Waals surface area contributed by atoms with Crippen molar-refractivity contribution in [3.63, 3.8) is 0 Å². The lowest BCUT2D eigenvalue weighted by Gasteiger charge is -2.19. The van der Waals surface area contributed by atoms with Crippen LogP contribution in [0, 0.1) is 0 Å². The molecule has 0 saturated carbocycles. The molecule has 1 aromatic rings. The van der Waals surface area contributed by atoms with Gasteiger partial charge in [-0.1, -0.05) is 11.8 Å². The number of hydrogen-bond donors (Lipinski definition) is 1. The number of ether oxygens (including phenoxy) is 1. The van der Waals surface area contributed by atoms with E-state index in [1.807, 2.05) is 32.1 Å². The number of nitrogen functional groups attached to an aromatic ring is 1. The molecule has 0 spiro atoms. The van der Waals surface area contributed by atoms with E-state index in [0.717, 1.165) is 12.4 Å². The van der Waals surface area contributed by atoms with Crippen LogP contribution in [0.5, 0.6) is 0 Å². The second kappa shape index (κ2) is 6.66. The van der Waals surface area contributed by atoms with Crippen molar-refractivity contribution in [2.24, 2.45) is 0 Å². The topological polar surface area (TPSA) is 64.3 Å². The summed E-state index contributed by atoms with van der Waals surface area (Å²) in [4.78, 5) is 10.5. The molecular formula is C11H20N4OS. The zero-order chi connectivity index (χ0) is 12.8. The number of thioether (sulfide) groups is 1. The molecule has 6 heteroatoms. The fourth-order valence-electron chi connectivity index (χ4n) is 1.26. The summed E-state index contributed by atoms with van der Waals surface area (Å²) >= 11 is 1.48. The van der Waals surface area contributed by atoms with Crippen LogP contribution in [-0.4, -0.2) is 42.5 Å². The van der Waals surface area contributed by atoms with Crippen LogP contribution in [0.25, 0.3) is 0 Å². The van der Waals surface area contributed by atoms with E-state index in [2.05, 4.69) is 9.97 Å². The molecule has 0 fully saturated rings. The lowest BCUT2D eigenvalue weighted by Crippen LogP contribution is -2.25. The molecular weight excluding hydrogens is 236 g/mol. The summed E-state index contributed by atoms with van der Waals surface area (Å²) < 4.78 is 5.50. The molecule has 0 aliphatic carbocycles. The number of hydrogen-bond acceptors (Lipinski definition) is 6. The Morgan fingerprint density at radius 1 is 1.47 bits per heavy atom. The maximum absolute atomic E-state index is 5.73. The van der Waals surface area contributed by atoms with Crippen molar-refractivity contribution >= 4 is 23.4 Å². The molecule has 2 N–H and O–H groups in total. The molecule has 0 unspecified atom stereocenters. The Labute approximate surface area is 107 Å². The van der Waals surface area contributed by atoms with Crippen LogP contribution in [0.1, 0.15) is 13.8 Å². The van der Waals surface area contributed by atoms with Crippen molar-refractivity contribution in [3.8, 4) is 0 Å². The van der Waals surface area contributed by atoms with E-state index in [1.54, 1.807) is 6.07 Å². The molecule has 0 aromatic carbocycles. The van der Waals surface area contributed by atoms with E-state index in [4.69, 9.17) is 10.5 Å². The molecule has 0 aliphatic rings. The molecule has 0 atom stereocenters. The Hall–Kier alpha value is -1.01. The van der Waals surface area contributed by atoms with Gasteiger partial charge in [0.05, 0.1) is 12.7 Å². The van der Waals surface area contributed by atoms with Crippen molar-refractivity contribution in [1.82, 2.24) is 9.97 Å². The summed E-state index contributed by atoms with van der Waals surface area (Å²) in [5, 5.41) is 0.691. The predicted molar refractivity (Wildman–Crippen MR) is 72.6 cm³/mol. The van der Waals surface area contributed by atoms with E-state index in [9.17, 15) is 0 Å². The third-order valence-electron chi connectivity index (χ3n) is 2.16. The number of nitrogens with two attached hydrogens (primary N) is 1. The average Bonchev–Trinajstić information content (AvgIpc) is 2.27. The van der Waals surface area contributed by atoms with Crippen molar-refractivity contribution in [2.45, 2.75) is 25.1 Å². The van der Waals surface area contributed by atoms with Crippen LogP contribution in [0.15, 0.2) is 11.2 Å². The third-order valence-corrected chi connectivity index (χ3v) is 2.71. The summed E-state index contributed by atoms with van der Waals surface area (Å²) in [6, 6.07) is 1.77. The first kappa shape index (κ1) is 14.1. The number of anilines is 2. The summed E-state index contributed by atoms with van der Waals surface area (Å²) in [6.07, 6.45) is 2.18. The van der Waals surface area contributed by atoms with Gasteiger partial charge >= 0.3 is 0 Å². The average molecular weight is 256 g/mol. The van der Waals surface area contributed by atoms with Gasteiger partial charge in [-0.3, -0.25) is 0 Å². The normalized spacial score (nSPS) is 10.9. The van der Waals surface area contributed by atoms with Gasteiger partial charge in [-0.25, -0.2) is 9.97 Å². The lowest BCUT2D eigenvalue weighted by molar-refractivity contribution is 0.0845. The second-order valence-electron chi connectivity index (χ2n) is 3.98. The number of nitrogens with zero attached hydrogens (tertiary/aromatic N) is 3. The first-order valence-electron chi connectivity index (χ1n) is 5.54. The van der Waals surface area contributed by atoms with Crippen molar-refractivity contribution in [3.05, 3.63) is 6.07 Å². The first-order chi connectivity index (χ1) is 8.02. The maximum atomic E-state index is 5.73. The minimum Gasteiger partial charge on any atom is -0.383 e. The highest BCUT2D eigenvalue weighted by molar-refractivity contribution is 7.98. The Morgan fingerprint density at radius 2 is 2.18 bits per heavy atom. The summed E-state index contributed by atoms with van der Waals surface area (Å²) in [7, 11) is 1.97. The number of rotatable bonds is 6. The monoisotopic (exact) mass is 256 g/mol. The molecule has 0 saturated heterocycles. The van der Waals surface area contributed by atoms with Gasteiger partial charge in [0.2, 0.25) is 0 Å². The van der Waals surface area contributed by atoms with Crippen molar-refractivity contribution < 1.29 is 4.74 Å². The number of aromatic nitrogens is 2. The van der Waals surface area contributed by atoms with Crippen molar-refractivity contribution in [1.29, 1.82) is 0 Å². The van der Waals surface area contributed by atoms with Crippen LogP contribution in [0.3, 0.4) is 0 Å². The van der Waals surface area contributed by atoms with E-state index in [1.165, 1.54) is 11.8 Å². The van der Waals surface area contributed by atoms with Gasteiger partial charge in [0.15, 0.2) is 5.16 Å². The minimum absolute atomic E-state index is 0.251. The van der Waals surface area contributed by atoms with Crippen LogP contribution in [-0.2, 0) is 4.74 Å². The molecule has 17 heavy (non-hydrogen) atoms. The molecule has 0 radical (unpaired) electrons. The SMILES string of the molecule is CSc1nc(N)cc(N(C)CCOC(C)C)n1. The first-order valence-corrected chi connectivity index (χ1v) is 6.76. The molecule has 5 nitrogen and oxygen atoms in total. The van der Waals surface area contributed by atoms with Gasteiger partial charge in [0, 0.05) is 19.7 Å². The van der Waals surface area contributed by atoms with Gasteiger partial charge in [0.1, 0.15) is 11.6 Å². The Kier molecular flexibility index (Phi) is 5.50. The van der Waals surface area contributed by atoms with Crippen LogP contribution < -0.4 is 10.6 Å². The fraction of sp³-hybridized carbons (Fsp3) is 0.636. The van der Waals surface area contributed by atoms with Crippen molar-refractivity contribution in [2.75, 3.05) is 37.1 Å². The van der Waals surface area contributed by atoms with Gasteiger partial charge in [0.25, 0.3) is 0 Å².